The molecule has 26 heavy (non-hydrogen) atoms. The maximum atomic E-state index is 12.2. The van der Waals surface area contributed by atoms with Gasteiger partial charge in [-0.3, -0.25) is 20.4 Å². The Balaban J connectivity index is 1.54. The summed E-state index contributed by atoms with van der Waals surface area (Å²) in [7, 11) is 0. The molecule has 0 spiro atoms. The van der Waals surface area contributed by atoms with Gasteiger partial charge in [-0.15, -0.1) is 0 Å². The number of fused-ring (bicyclic) bond motifs is 1. The van der Waals surface area contributed by atoms with Crippen molar-refractivity contribution in [1.29, 1.82) is 0 Å². The zero-order chi connectivity index (χ0) is 18.5. The molecule has 2 amide bonds. The third-order valence-corrected chi connectivity index (χ3v) is 3.78. The zero-order valence-corrected chi connectivity index (χ0v) is 14.6. The van der Waals surface area contributed by atoms with Gasteiger partial charge in [-0.05, 0) is 49.7 Å². The summed E-state index contributed by atoms with van der Waals surface area (Å²) in [5, 5.41) is 0. The van der Waals surface area contributed by atoms with Crippen LogP contribution in [-0.2, 0) is 4.79 Å². The number of nitrogens with one attached hydrogen (secondary N) is 2. The van der Waals surface area contributed by atoms with Gasteiger partial charge in [0.2, 0.25) is 0 Å². The van der Waals surface area contributed by atoms with Crippen LogP contribution in [0.4, 0.5) is 0 Å². The Morgan fingerprint density at radius 1 is 1.04 bits per heavy atom. The van der Waals surface area contributed by atoms with Crippen molar-refractivity contribution in [1.82, 2.24) is 10.9 Å². The number of ether oxygens (including phenoxy) is 3. The predicted octanol–water partition coefficient (Wildman–Crippen LogP) is 1.99. The van der Waals surface area contributed by atoms with Crippen molar-refractivity contribution < 1.29 is 23.8 Å². The van der Waals surface area contributed by atoms with E-state index >= 15 is 0 Å². The Labute approximate surface area is 151 Å². The Bertz CT molecular complexity index is 821. The fourth-order valence-electron chi connectivity index (χ4n) is 2.42. The van der Waals surface area contributed by atoms with E-state index in [0.29, 0.717) is 36.0 Å². The molecule has 1 unspecified atom stereocenters. The molecule has 0 aliphatic carbocycles. The summed E-state index contributed by atoms with van der Waals surface area (Å²) in [4.78, 5) is 24.3. The van der Waals surface area contributed by atoms with Crippen LogP contribution in [0.1, 0.15) is 22.8 Å². The topological polar surface area (TPSA) is 85.9 Å². The molecule has 1 atom stereocenters. The number of rotatable bonds is 4. The van der Waals surface area contributed by atoms with Crippen molar-refractivity contribution >= 4 is 11.8 Å². The van der Waals surface area contributed by atoms with Crippen molar-refractivity contribution in [2.75, 3.05) is 13.2 Å². The largest absolute Gasteiger partial charge is 0.486 e. The molecule has 0 saturated heterocycles. The lowest BCUT2D eigenvalue weighted by atomic mass is 10.2. The highest BCUT2D eigenvalue weighted by Crippen LogP contribution is 2.30. The first-order chi connectivity index (χ1) is 12.5. The number of carbonyl (C=O) groups is 2. The number of amides is 2. The molecule has 0 fully saturated rings. The Kier molecular flexibility index (Phi) is 5.26. The van der Waals surface area contributed by atoms with E-state index in [4.69, 9.17) is 14.2 Å². The second kappa shape index (κ2) is 7.77. The van der Waals surface area contributed by atoms with Crippen LogP contribution in [0.15, 0.2) is 42.5 Å². The molecule has 0 aromatic heterocycles. The second-order valence-corrected chi connectivity index (χ2v) is 5.88. The van der Waals surface area contributed by atoms with E-state index in [0.717, 1.165) is 5.56 Å². The summed E-state index contributed by atoms with van der Waals surface area (Å²) in [6.45, 7) is 4.45. The lowest BCUT2D eigenvalue weighted by Gasteiger charge is -2.19. The molecule has 0 saturated carbocycles. The Morgan fingerprint density at radius 2 is 1.81 bits per heavy atom. The molecule has 1 aliphatic heterocycles. The minimum Gasteiger partial charge on any atom is -0.486 e. The molecule has 136 valence electrons. The van der Waals surface area contributed by atoms with Gasteiger partial charge in [0.1, 0.15) is 19.0 Å². The molecular formula is C19H20N2O5. The normalized spacial score (nSPS) is 13.5. The number of benzene rings is 2. The van der Waals surface area contributed by atoms with Crippen LogP contribution in [0.3, 0.4) is 0 Å². The SMILES string of the molecule is Cc1cccc(OC(C)C(=O)NNC(=O)c2ccc3c(c2)OCCO3)c1. The van der Waals surface area contributed by atoms with Crippen molar-refractivity contribution in [3.05, 3.63) is 53.6 Å². The van der Waals surface area contributed by atoms with Gasteiger partial charge in [0, 0.05) is 5.56 Å². The van der Waals surface area contributed by atoms with Crippen molar-refractivity contribution in [2.24, 2.45) is 0 Å². The van der Waals surface area contributed by atoms with Crippen LogP contribution in [0.2, 0.25) is 0 Å². The third kappa shape index (κ3) is 4.24. The van der Waals surface area contributed by atoms with Gasteiger partial charge in [-0.1, -0.05) is 12.1 Å². The first-order valence-electron chi connectivity index (χ1n) is 8.26. The van der Waals surface area contributed by atoms with E-state index in [1.165, 1.54) is 0 Å². The van der Waals surface area contributed by atoms with Crippen LogP contribution in [0, 0.1) is 6.92 Å². The van der Waals surface area contributed by atoms with E-state index in [9.17, 15) is 9.59 Å². The second-order valence-electron chi connectivity index (χ2n) is 5.88. The lowest BCUT2D eigenvalue weighted by molar-refractivity contribution is -0.128. The summed E-state index contributed by atoms with van der Waals surface area (Å²) < 4.78 is 16.4. The van der Waals surface area contributed by atoms with Crippen LogP contribution < -0.4 is 25.1 Å². The zero-order valence-electron chi connectivity index (χ0n) is 14.6. The number of hydrazine groups is 1. The van der Waals surface area contributed by atoms with Gasteiger partial charge in [-0.25, -0.2) is 0 Å². The average Bonchev–Trinajstić information content (AvgIpc) is 2.65. The van der Waals surface area contributed by atoms with E-state index < -0.39 is 17.9 Å². The fourth-order valence-corrected chi connectivity index (χ4v) is 2.42. The Hall–Kier alpha value is -3.22. The molecule has 1 aliphatic rings. The number of hydrogen-bond acceptors (Lipinski definition) is 5. The number of aryl methyl sites for hydroxylation is 1. The molecule has 2 aromatic carbocycles. The van der Waals surface area contributed by atoms with E-state index in [2.05, 4.69) is 10.9 Å². The maximum Gasteiger partial charge on any atom is 0.279 e. The van der Waals surface area contributed by atoms with Crippen LogP contribution in [0.25, 0.3) is 0 Å². The number of carbonyl (C=O) groups excluding carboxylic acids is 2. The first-order valence-corrected chi connectivity index (χ1v) is 8.26. The van der Waals surface area contributed by atoms with Gasteiger partial charge in [0.25, 0.3) is 11.8 Å². The minimum absolute atomic E-state index is 0.349. The van der Waals surface area contributed by atoms with E-state index in [1.54, 1.807) is 31.2 Å². The maximum absolute atomic E-state index is 12.2. The van der Waals surface area contributed by atoms with Crippen LogP contribution >= 0.6 is 0 Å². The Morgan fingerprint density at radius 3 is 2.58 bits per heavy atom. The molecule has 0 bridgehead atoms. The molecule has 0 radical (unpaired) electrons. The smallest absolute Gasteiger partial charge is 0.279 e. The van der Waals surface area contributed by atoms with E-state index in [1.807, 2.05) is 25.1 Å². The quantitative estimate of drug-likeness (QED) is 0.819. The van der Waals surface area contributed by atoms with Crippen molar-refractivity contribution in [2.45, 2.75) is 20.0 Å². The van der Waals surface area contributed by atoms with Gasteiger partial charge < -0.3 is 14.2 Å². The van der Waals surface area contributed by atoms with Gasteiger partial charge in [-0.2, -0.15) is 0 Å². The van der Waals surface area contributed by atoms with Crippen molar-refractivity contribution in [3.63, 3.8) is 0 Å². The molecule has 7 nitrogen and oxygen atoms in total. The van der Waals surface area contributed by atoms with Gasteiger partial charge in [0.05, 0.1) is 0 Å². The molecule has 2 N–H and O–H groups in total. The summed E-state index contributed by atoms with van der Waals surface area (Å²) in [6, 6.07) is 12.2. The molecule has 1 heterocycles. The highest BCUT2D eigenvalue weighted by Gasteiger charge is 2.18. The van der Waals surface area contributed by atoms with Crippen LogP contribution in [0.5, 0.6) is 17.2 Å². The third-order valence-electron chi connectivity index (χ3n) is 3.78. The molecule has 3 rings (SSSR count). The van der Waals surface area contributed by atoms with Crippen LogP contribution in [-0.4, -0.2) is 31.1 Å². The fraction of sp³-hybridized carbons (Fsp3) is 0.263. The first kappa shape index (κ1) is 17.6. The molecule has 7 heteroatoms. The lowest BCUT2D eigenvalue weighted by Crippen LogP contribution is -2.47. The van der Waals surface area contributed by atoms with Gasteiger partial charge in [0.15, 0.2) is 17.6 Å². The van der Waals surface area contributed by atoms with Crippen molar-refractivity contribution in [3.8, 4) is 17.2 Å². The van der Waals surface area contributed by atoms with E-state index in [-0.39, 0.29) is 0 Å². The minimum atomic E-state index is -0.766. The molecule has 2 aromatic rings. The highest BCUT2D eigenvalue weighted by atomic mass is 16.6. The molecular weight excluding hydrogens is 336 g/mol. The predicted molar refractivity (Wildman–Crippen MR) is 94.3 cm³/mol. The average molecular weight is 356 g/mol. The number of hydrogen-bond donors (Lipinski definition) is 2. The summed E-state index contributed by atoms with van der Waals surface area (Å²) in [5.74, 6) is 0.768. The summed E-state index contributed by atoms with van der Waals surface area (Å²) in [6.07, 6.45) is -0.766. The van der Waals surface area contributed by atoms with Gasteiger partial charge >= 0.3 is 0 Å². The highest BCUT2D eigenvalue weighted by molar-refractivity contribution is 5.96. The monoisotopic (exact) mass is 356 g/mol. The standard InChI is InChI=1S/C19H20N2O5/c1-12-4-3-5-15(10-12)26-13(2)18(22)20-21-19(23)14-6-7-16-17(11-14)25-9-8-24-16/h3-7,10-11,13H,8-9H2,1-2H3,(H,20,22)(H,21,23). The summed E-state index contributed by atoms with van der Waals surface area (Å²) in [5.41, 5.74) is 6.11. The summed E-state index contributed by atoms with van der Waals surface area (Å²) >= 11 is 0.